The molecule has 10 heteroatoms. The highest BCUT2D eigenvalue weighted by Gasteiger charge is 2.50. The second-order valence-electron chi connectivity index (χ2n) is 8.76. The molecule has 0 aromatic heterocycles. The number of hydrogen-bond donors (Lipinski definition) is 0. The quantitative estimate of drug-likeness (QED) is 0.666. The third-order valence-corrected chi connectivity index (χ3v) is 7.39. The molecule has 7 nitrogen and oxygen atoms in total. The van der Waals surface area contributed by atoms with Gasteiger partial charge in [0.15, 0.2) is 5.83 Å². The minimum Gasteiger partial charge on any atom is -0.460 e. The molecule has 0 N–H and O–H groups in total. The fraction of sp³-hybridized carbons (Fsp3) is 0.650. The van der Waals surface area contributed by atoms with Gasteiger partial charge in [0.25, 0.3) is 0 Å². The third kappa shape index (κ3) is 2.67. The van der Waals surface area contributed by atoms with Crippen LogP contribution in [0.1, 0.15) is 32.1 Å². The molecule has 3 atom stereocenters. The number of halogens is 3. The predicted molar refractivity (Wildman–Crippen MR) is 108 cm³/mol. The number of amidine groups is 1. The maximum absolute atomic E-state index is 15.3. The zero-order valence-corrected chi connectivity index (χ0v) is 17.2. The normalized spacial score (nSPS) is 35.3. The Morgan fingerprint density at radius 1 is 1.30 bits per heavy atom. The first kappa shape index (κ1) is 18.7. The van der Waals surface area contributed by atoms with Crippen molar-refractivity contribution in [1.29, 1.82) is 0 Å². The van der Waals surface area contributed by atoms with Crippen molar-refractivity contribution in [2.45, 2.75) is 43.8 Å². The molecule has 0 amide bonds. The average molecular weight is 438 g/mol. The van der Waals surface area contributed by atoms with E-state index in [-0.39, 0.29) is 28.2 Å². The summed E-state index contributed by atoms with van der Waals surface area (Å²) in [6.45, 7) is 2.61. The van der Waals surface area contributed by atoms with E-state index >= 15 is 4.39 Å². The van der Waals surface area contributed by atoms with Gasteiger partial charge in [-0.1, -0.05) is 16.8 Å². The molecular weight excluding hydrogens is 416 g/mol. The highest BCUT2D eigenvalue weighted by atomic mass is 35.5. The van der Waals surface area contributed by atoms with Crippen LogP contribution >= 0.6 is 11.6 Å². The van der Waals surface area contributed by atoms with Crippen LogP contribution in [0.15, 0.2) is 37.4 Å². The minimum absolute atomic E-state index is 0.0662. The molecule has 5 aliphatic heterocycles. The maximum atomic E-state index is 15.3. The lowest BCUT2D eigenvalue weighted by Gasteiger charge is -2.34. The Hall–Kier alpha value is -2.00. The van der Waals surface area contributed by atoms with Crippen LogP contribution in [0.4, 0.5) is 8.78 Å². The highest BCUT2D eigenvalue weighted by molar-refractivity contribution is 6.47. The first-order valence-corrected chi connectivity index (χ1v) is 10.9. The standard InChI is InChI=1S/C20H22ClF2N5O2/c21-14-15(23)17-18-12(13-9-30-26-16(13)14)3-1-6-28(18)25-19(24-17)29-10-20-4-2-5-27(20)8-11(22)7-20/h11,13H,1-10H2/t11-,13-,20+/m1/s1. The van der Waals surface area contributed by atoms with Gasteiger partial charge in [-0.15, -0.1) is 5.10 Å². The van der Waals surface area contributed by atoms with E-state index in [9.17, 15) is 4.39 Å². The van der Waals surface area contributed by atoms with Crippen molar-refractivity contribution in [2.75, 3.05) is 32.8 Å². The summed E-state index contributed by atoms with van der Waals surface area (Å²) in [5, 5.41) is 10.2. The molecule has 30 heavy (non-hydrogen) atoms. The number of hydrazone groups is 1. The van der Waals surface area contributed by atoms with Gasteiger partial charge >= 0.3 is 6.02 Å². The molecule has 0 saturated carbocycles. The molecule has 0 unspecified atom stereocenters. The molecule has 1 aliphatic carbocycles. The minimum atomic E-state index is -0.837. The van der Waals surface area contributed by atoms with Crippen molar-refractivity contribution in [3.8, 4) is 0 Å². The number of nitrogens with zero attached hydrogens (tertiary/aromatic N) is 5. The summed E-state index contributed by atoms with van der Waals surface area (Å²) in [6.07, 6.45) is 3.19. The lowest BCUT2D eigenvalue weighted by molar-refractivity contribution is 0.103. The monoisotopic (exact) mass is 437 g/mol. The molecule has 0 spiro atoms. The lowest BCUT2D eigenvalue weighted by atomic mass is 9.88. The number of alkyl halides is 1. The fourth-order valence-electron chi connectivity index (χ4n) is 5.66. The van der Waals surface area contributed by atoms with Crippen molar-refractivity contribution >= 4 is 29.0 Å². The zero-order chi connectivity index (χ0) is 20.5. The van der Waals surface area contributed by atoms with E-state index in [0.717, 1.165) is 37.8 Å². The highest BCUT2D eigenvalue weighted by Crippen LogP contribution is 2.43. The smallest absolute Gasteiger partial charge is 0.334 e. The van der Waals surface area contributed by atoms with Gasteiger partial charge in [-0.3, -0.25) is 9.91 Å². The average Bonchev–Trinajstić information content (AvgIpc) is 3.42. The van der Waals surface area contributed by atoms with Crippen molar-refractivity contribution < 1.29 is 18.4 Å². The first-order chi connectivity index (χ1) is 14.6. The van der Waals surface area contributed by atoms with Crippen LogP contribution in [0.2, 0.25) is 0 Å². The number of allylic oxidation sites excluding steroid dienone is 2. The van der Waals surface area contributed by atoms with Crippen molar-refractivity contribution in [1.82, 2.24) is 9.91 Å². The van der Waals surface area contributed by atoms with Crippen molar-refractivity contribution in [3.05, 3.63) is 22.1 Å². The van der Waals surface area contributed by atoms with Crippen LogP contribution < -0.4 is 0 Å². The van der Waals surface area contributed by atoms with Crippen LogP contribution in [-0.4, -0.2) is 71.9 Å². The van der Waals surface area contributed by atoms with Crippen LogP contribution in [0, 0.1) is 5.92 Å². The summed E-state index contributed by atoms with van der Waals surface area (Å²) in [6, 6.07) is 0.100. The summed E-state index contributed by atoms with van der Waals surface area (Å²) < 4.78 is 35.4. The van der Waals surface area contributed by atoms with Crippen molar-refractivity contribution in [3.63, 3.8) is 0 Å². The van der Waals surface area contributed by atoms with E-state index in [1.807, 2.05) is 0 Å². The van der Waals surface area contributed by atoms with Crippen LogP contribution in [0.5, 0.6) is 0 Å². The topological polar surface area (TPSA) is 62.0 Å². The van der Waals surface area contributed by atoms with Crippen molar-refractivity contribution in [2.24, 2.45) is 21.2 Å². The maximum Gasteiger partial charge on any atom is 0.334 e. The van der Waals surface area contributed by atoms with Gasteiger partial charge < -0.3 is 9.57 Å². The summed E-state index contributed by atoms with van der Waals surface area (Å²) in [5.41, 5.74) is 1.90. The number of oxime groups is 1. The Morgan fingerprint density at radius 2 is 2.20 bits per heavy atom. The summed E-state index contributed by atoms with van der Waals surface area (Å²) in [4.78, 5) is 11.8. The van der Waals surface area contributed by atoms with E-state index in [0.29, 0.717) is 44.1 Å². The fourth-order valence-corrected chi connectivity index (χ4v) is 5.92. The Labute approximate surface area is 177 Å². The third-order valence-electron chi connectivity index (χ3n) is 7.03. The van der Waals surface area contributed by atoms with Gasteiger partial charge in [0, 0.05) is 19.5 Å². The SMILES string of the molecule is FC1=C(Cl)C2=NOC[C@@H]2C2=C3C1=NC(OC[C@@]14CCCN1C[C@H](F)C4)=NN3CCC2. The Bertz CT molecular complexity index is 961. The second-order valence-corrected chi connectivity index (χ2v) is 9.14. The van der Waals surface area contributed by atoms with Gasteiger partial charge in [-0.05, 0) is 37.8 Å². The molecule has 6 rings (SSSR count). The zero-order valence-electron chi connectivity index (χ0n) is 16.4. The molecule has 5 heterocycles. The molecule has 160 valence electrons. The summed E-state index contributed by atoms with van der Waals surface area (Å²) >= 11 is 6.34. The summed E-state index contributed by atoms with van der Waals surface area (Å²) in [7, 11) is 0. The Morgan fingerprint density at radius 3 is 3.10 bits per heavy atom. The lowest BCUT2D eigenvalue weighted by Crippen LogP contribution is -2.43. The molecule has 0 bridgehead atoms. The van der Waals surface area contributed by atoms with E-state index in [1.54, 1.807) is 5.01 Å². The Balaban J connectivity index is 1.34. The van der Waals surface area contributed by atoms with E-state index in [2.05, 4.69) is 20.1 Å². The molecule has 0 aromatic carbocycles. The molecular formula is C20H22ClF2N5O2. The number of aliphatic imine (C=N–C) groups is 1. The number of rotatable bonds is 2. The number of ether oxygens (including phenoxy) is 1. The van der Waals surface area contributed by atoms with E-state index in [4.69, 9.17) is 21.2 Å². The molecule has 2 fully saturated rings. The van der Waals surface area contributed by atoms with Gasteiger partial charge in [0.1, 0.15) is 35.8 Å². The molecule has 0 aromatic rings. The largest absolute Gasteiger partial charge is 0.460 e. The van der Waals surface area contributed by atoms with Gasteiger partial charge in [0.05, 0.1) is 17.2 Å². The van der Waals surface area contributed by atoms with E-state index < -0.39 is 12.0 Å². The predicted octanol–water partition coefficient (Wildman–Crippen LogP) is 3.09. The Kier molecular flexibility index (Phi) is 4.22. The van der Waals surface area contributed by atoms with Crippen LogP contribution in [0.25, 0.3) is 0 Å². The van der Waals surface area contributed by atoms with Gasteiger partial charge in [0.2, 0.25) is 0 Å². The van der Waals surface area contributed by atoms with Gasteiger partial charge in [-0.2, -0.15) is 4.99 Å². The van der Waals surface area contributed by atoms with Gasteiger partial charge in [-0.25, -0.2) is 8.78 Å². The van der Waals surface area contributed by atoms with Crippen LogP contribution in [0.3, 0.4) is 0 Å². The second kappa shape index (κ2) is 6.75. The number of hydrogen-bond acceptors (Lipinski definition) is 7. The summed E-state index contributed by atoms with van der Waals surface area (Å²) in [5.74, 6) is -0.818. The number of fused-ring (bicyclic) bond motifs is 3. The molecule has 0 radical (unpaired) electrons. The first-order valence-electron chi connectivity index (χ1n) is 10.5. The molecule has 6 aliphatic rings. The molecule has 2 saturated heterocycles. The van der Waals surface area contributed by atoms with Crippen LogP contribution in [-0.2, 0) is 9.57 Å². The van der Waals surface area contributed by atoms with E-state index in [1.165, 1.54) is 0 Å².